The van der Waals surface area contributed by atoms with Crippen molar-refractivity contribution in [1.29, 1.82) is 0 Å². The van der Waals surface area contributed by atoms with Crippen LogP contribution in [0.2, 0.25) is 0 Å². The lowest BCUT2D eigenvalue weighted by molar-refractivity contribution is 0.283. The van der Waals surface area contributed by atoms with Crippen LogP contribution in [0.4, 0.5) is 17.6 Å². The lowest BCUT2D eigenvalue weighted by Crippen LogP contribution is -2.25. The molecule has 0 spiro atoms. The van der Waals surface area contributed by atoms with Gasteiger partial charge in [-0.25, -0.2) is 17.6 Å². The molecule has 0 N–H and O–H groups in total. The van der Waals surface area contributed by atoms with Crippen molar-refractivity contribution >= 4 is 15.9 Å². The summed E-state index contributed by atoms with van der Waals surface area (Å²) in [5.74, 6) is -3.64. The van der Waals surface area contributed by atoms with Crippen LogP contribution in [0.5, 0.6) is 5.88 Å². The lowest BCUT2D eigenvalue weighted by atomic mass is 10.2. The first kappa shape index (κ1) is 19.1. The minimum atomic E-state index is -0.934. The molecule has 0 aliphatic heterocycles. The first-order valence-corrected chi connectivity index (χ1v) is 8.39. The summed E-state index contributed by atoms with van der Waals surface area (Å²) >= 11 is 3.00. The zero-order valence-electron chi connectivity index (χ0n) is 13.8. The molecule has 0 atom stereocenters. The Morgan fingerprint density at radius 3 is 2.37 bits per heavy atom. The van der Waals surface area contributed by atoms with Crippen LogP contribution in [-0.4, -0.2) is 9.55 Å². The summed E-state index contributed by atoms with van der Waals surface area (Å²) in [5, 5.41) is 0. The number of hydrogen-bond acceptors (Lipinski definition) is 3. The molecule has 1 heterocycles. The highest BCUT2D eigenvalue weighted by Gasteiger charge is 2.20. The number of halogens is 5. The molecule has 3 rings (SSSR count). The highest BCUT2D eigenvalue weighted by atomic mass is 79.9. The normalized spacial score (nSPS) is 10.9. The second-order valence-electron chi connectivity index (χ2n) is 5.51. The van der Waals surface area contributed by atoms with E-state index in [0.717, 1.165) is 22.8 Å². The molecule has 1 aromatic heterocycles. The lowest BCUT2D eigenvalue weighted by Gasteiger charge is -2.14. The molecule has 27 heavy (non-hydrogen) atoms. The molecule has 9 heteroatoms. The van der Waals surface area contributed by atoms with Gasteiger partial charge in [-0.05, 0) is 47.1 Å². The van der Waals surface area contributed by atoms with Crippen molar-refractivity contribution in [1.82, 2.24) is 9.55 Å². The van der Waals surface area contributed by atoms with Crippen LogP contribution in [-0.2, 0) is 6.61 Å². The van der Waals surface area contributed by atoms with Crippen LogP contribution >= 0.6 is 15.9 Å². The number of hydrogen-bond donors (Lipinski definition) is 0. The molecular formula is C18H11BrF4N2O2. The maximum absolute atomic E-state index is 14.0. The fourth-order valence-electron chi connectivity index (χ4n) is 2.43. The summed E-state index contributed by atoms with van der Waals surface area (Å²) in [5.41, 5.74) is -1.32. The predicted octanol–water partition coefficient (Wildman–Crippen LogP) is 4.44. The van der Waals surface area contributed by atoms with E-state index < -0.39 is 34.5 Å². The third-order valence-corrected chi connectivity index (χ3v) is 4.38. The molecule has 0 fully saturated rings. The molecule has 4 nitrogen and oxygen atoms in total. The maximum Gasteiger partial charge on any atom is 0.276 e. The number of benzene rings is 2. The minimum absolute atomic E-state index is 0.0400. The molecule has 0 aliphatic rings. The van der Waals surface area contributed by atoms with Crippen molar-refractivity contribution < 1.29 is 22.3 Å². The van der Waals surface area contributed by atoms with Crippen LogP contribution in [0.25, 0.3) is 5.69 Å². The largest absolute Gasteiger partial charge is 0.472 e. The number of para-hydroxylation sites is 1. The van der Waals surface area contributed by atoms with Crippen LogP contribution in [0.3, 0.4) is 0 Å². The number of aromatic nitrogens is 2. The third-order valence-electron chi connectivity index (χ3n) is 3.71. The van der Waals surface area contributed by atoms with Gasteiger partial charge in [0.1, 0.15) is 45.9 Å². The Balaban J connectivity index is 1.99. The molecule has 0 saturated heterocycles. The summed E-state index contributed by atoms with van der Waals surface area (Å²) in [7, 11) is 0. The van der Waals surface area contributed by atoms with Gasteiger partial charge in [-0.3, -0.25) is 9.36 Å². The summed E-state index contributed by atoms with van der Waals surface area (Å²) in [6.07, 6.45) is 0. The van der Waals surface area contributed by atoms with Gasteiger partial charge in [-0.2, -0.15) is 4.98 Å². The topological polar surface area (TPSA) is 44.1 Å². The Kier molecular flexibility index (Phi) is 5.31. The maximum atomic E-state index is 14.0. The van der Waals surface area contributed by atoms with E-state index >= 15 is 0 Å². The van der Waals surface area contributed by atoms with E-state index in [0.29, 0.717) is 6.07 Å². The summed E-state index contributed by atoms with van der Waals surface area (Å²) in [6, 6.07) is 6.16. The monoisotopic (exact) mass is 442 g/mol. The Hall–Kier alpha value is -2.68. The average molecular weight is 443 g/mol. The van der Waals surface area contributed by atoms with E-state index in [2.05, 4.69) is 20.9 Å². The van der Waals surface area contributed by atoms with Crippen molar-refractivity contribution in [2.75, 3.05) is 0 Å². The molecule has 0 bridgehead atoms. The summed E-state index contributed by atoms with van der Waals surface area (Å²) in [6.45, 7) is 1.04. The van der Waals surface area contributed by atoms with Gasteiger partial charge < -0.3 is 4.74 Å². The van der Waals surface area contributed by atoms with Crippen molar-refractivity contribution in [3.8, 4) is 11.6 Å². The van der Waals surface area contributed by atoms with Crippen LogP contribution in [0.1, 0.15) is 11.4 Å². The van der Waals surface area contributed by atoms with Gasteiger partial charge in [-0.15, -0.1) is 0 Å². The van der Waals surface area contributed by atoms with E-state index in [4.69, 9.17) is 4.74 Å². The SMILES string of the molecule is Cc1nc(OCc2ccc(F)cc2F)c(Br)c(=O)n1-c1c(F)cccc1F. The first-order chi connectivity index (χ1) is 12.8. The van der Waals surface area contributed by atoms with E-state index in [-0.39, 0.29) is 28.3 Å². The zero-order valence-corrected chi connectivity index (χ0v) is 15.4. The van der Waals surface area contributed by atoms with E-state index in [1.54, 1.807) is 0 Å². The Morgan fingerprint density at radius 2 is 1.74 bits per heavy atom. The smallest absolute Gasteiger partial charge is 0.276 e. The van der Waals surface area contributed by atoms with E-state index in [1.165, 1.54) is 19.1 Å². The van der Waals surface area contributed by atoms with E-state index in [9.17, 15) is 22.4 Å². The van der Waals surface area contributed by atoms with Gasteiger partial charge in [0.25, 0.3) is 5.56 Å². The molecule has 140 valence electrons. The van der Waals surface area contributed by atoms with Gasteiger partial charge in [0.05, 0.1) is 0 Å². The zero-order chi connectivity index (χ0) is 19.7. The Bertz CT molecular complexity index is 1070. The standard InChI is InChI=1S/C18H11BrF4N2O2/c1-9-24-17(27-8-10-5-6-11(20)7-14(10)23)15(19)18(26)25(9)16-12(21)3-2-4-13(16)22/h2-7H,8H2,1H3. The number of aryl methyl sites for hydroxylation is 1. The molecule has 0 radical (unpaired) electrons. The van der Waals surface area contributed by atoms with Crippen LogP contribution in [0.15, 0.2) is 45.7 Å². The minimum Gasteiger partial charge on any atom is -0.472 e. The first-order valence-electron chi connectivity index (χ1n) is 7.60. The average Bonchev–Trinajstić information content (AvgIpc) is 2.60. The molecule has 0 unspecified atom stereocenters. The second kappa shape index (κ2) is 7.51. The van der Waals surface area contributed by atoms with Gasteiger partial charge >= 0.3 is 0 Å². The molecular weight excluding hydrogens is 432 g/mol. The number of ether oxygens (including phenoxy) is 1. The van der Waals surface area contributed by atoms with Gasteiger partial charge in [0.2, 0.25) is 5.88 Å². The van der Waals surface area contributed by atoms with Crippen molar-refractivity contribution in [3.63, 3.8) is 0 Å². The predicted molar refractivity (Wildman–Crippen MR) is 92.9 cm³/mol. The molecule has 3 aromatic rings. The van der Waals surface area contributed by atoms with Crippen molar-refractivity contribution in [2.45, 2.75) is 13.5 Å². The van der Waals surface area contributed by atoms with E-state index in [1.807, 2.05) is 0 Å². The molecule has 0 saturated carbocycles. The van der Waals surface area contributed by atoms with Crippen molar-refractivity contribution in [3.05, 3.63) is 85.9 Å². The van der Waals surface area contributed by atoms with Crippen molar-refractivity contribution in [2.24, 2.45) is 0 Å². The fourth-order valence-corrected chi connectivity index (χ4v) is 2.81. The van der Waals surface area contributed by atoms with Crippen LogP contribution in [0, 0.1) is 30.2 Å². The number of rotatable bonds is 4. The highest BCUT2D eigenvalue weighted by Crippen LogP contribution is 2.24. The fraction of sp³-hybridized carbons (Fsp3) is 0.111. The van der Waals surface area contributed by atoms with Gasteiger partial charge in [0, 0.05) is 11.6 Å². The Morgan fingerprint density at radius 1 is 1.07 bits per heavy atom. The molecule has 2 aromatic carbocycles. The third kappa shape index (κ3) is 3.73. The summed E-state index contributed by atoms with van der Waals surface area (Å²) < 4.78 is 60.6. The Labute approximate surface area is 159 Å². The second-order valence-corrected chi connectivity index (χ2v) is 6.31. The molecule has 0 amide bonds. The molecule has 0 aliphatic carbocycles. The van der Waals surface area contributed by atoms with Gasteiger partial charge in [-0.1, -0.05) is 6.07 Å². The van der Waals surface area contributed by atoms with Crippen LogP contribution < -0.4 is 10.3 Å². The van der Waals surface area contributed by atoms with Gasteiger partial charge in [0.15, 0.2) is 0 Å². The summed E-state index contributed by atoms with van der Waals surface area (Å²) in [4.78, 5) is 16.6. The number of nitrogens with zero attached hydrogens (tertiary/aromatic N) is 2. The quantitative estimate of drug-likeness (QED) is 0.561. The highest BCUT2D eigenvalue weighted by molar-refractivity contribution is 9.10.